The molecule has 1 aliphatic rings. The summed E-state index contributed by atoms with van der Waals surface area (Å²) in [5.41, 5.74) is 2.51. The lowest BCUT2D eigenvalue weighted by atomic mass is 10.1. The number of aromatic nitrogens is 1. The first kappa shape index (κ1) is 18.4. The molecule has 3 rings (SSSR count). The number of anilines is 1. The van der Waals surface area contributed by atoms with Gasteiger partial charge in [-0.2, -0.15) is 0 Å². The minimum absolute atomic E-state index is 0.144. The Hall–Kier alpha value is -2.44. The summed E-state index contributed by atoms with van der Waals surface area (Å²) in [5.74, 6) is -0.144. The zero-order valence-corrected chi connectivity index (χ0v) is 15.1. The lowest BCUT2D eigenvalue weighted by Crippen LogP contribution is -2.41. The molecule has 1 aromatic carbocycles. The first-order valence-electron chi connectivity index (χ1n) is 9.08. The van der Waals surface area contributed by atoms with Gasteiger partial charge in [-0.25, -0.2) is 0 Å². The molecule has 2 N–H and O–H groups in total. The maximum Gasteiger partial charge on any atom is 0.269 e. The van der Waals surface area contributed by atoms with Gasteiger partial charge in [-0.1, -0.05) is 30.3 Å². The lowest BCUT2D eigenvalue weighted by molar-refractivity contribution is 0.0383. The summed E-state index contributed by atoms with van der Waals surface area (Å²) in [5, 5.41) is 6.37. The fraction of sp³-hybridized carbons (Fsp3) is 0.400. The van der Waals surface area contributed by atoms with Crippen molar-refractivity contribution in [1.82, 2.24) is 15.2 Å². The standard InChI is InChI=1S/C20H26N4O2/c1-16(17-5-3-2-4-6-17)23-18-7-8-21-19(15-18)20(25)22-9-10-24-11-13-26-14-12-24/h2-8,15-16H,9-14H2,1H3,(H,21,23)(H,22,25). The Kier molecular flexibility index (Phi) is 6.57. The van der Waals surface area contributed by atoms with Crippen LogP contribution in [0.3, 0.4) is 0 Å². The van der Waals surface area contributed by atoms with Crippen molar-refractivity contribution >= 4 is 11.6 Å². The van der Waals surface area contributed by atoms with Gasteiger partial charge in [-0.05, 0) is 24.6 Å². The Morgan fingerprint density at radius 1 is 1.23 bits per heavy atom. The molecular formula is C20H26N4O2. The molecule has 2 heterocycles. The first-order valence-corrected chi connectivity index (χ1v) is 9.08. The topological polar surface area (TPSA) is 66.5 Å². The van der Waals surface area contributed by atoms with Crippen molar-refractivity contribution in [2.24, 2.45) is 0 Å². The summed E-state index contributed by atoms with van der Waals surface area (Å²) in [6, 6.07) is 14.0. The van der Waals surface area contributed by atoms with Gasteiger partial charge < -0.3 is 15.4 Å². The molecule has 0 bridgehead atoms. The Morgan fingerprint density at radius 2 is 2.00 bits per heavy atom. The van der Waals surface area contributed by atoms with E-state index in [2.05, 4.69) is 39.6 Å². The SMILES string of the molecule is CC(Nc1ccnc(C(=O)NCCN2CCOCC2)c1)c1ccccc1. The van der Waals surface area contributed by atoms with Crippen LogP contribution in [0.1, 0.15) is 29.0 Å². The quantitative estimate of drug-likeness (QED) is 0.799. The summed E-state index contributed by atoms with van der Waals surface area (Å²) in [7, 11) is 0. The van der Waals surface area contributed by atoms with Gasteiger partial charge in [0.1, 0.15) is 5.69 Å². The number of carbonyl (C=O) groups excluding carboxylic acids is 1. The summed E-state index contributed by atoms with van der Waals surface area (Å²) in [6.45, 7) is 6.91. The van der Waals surface area contributed by atoms with E-state index in [1.807, 2.05) is 24.3 Å². The van der Waals surface area contributed by atoms with Crippen molar-refractivity contribution in [3.8, 4) is 0 Å². The van der Waals surface area contributed by atoms with E-state index in [0.717, 1.165) is 38.5 Å². The van der Waals surface area contributed by atoms with Crippen molar-refractivity contribution in [2.45, 2.75) is 13.0 Å². The highest BCUT2D eigenvalue weighted by atomic mass is 16.5. The van der Waals surface area contributed by atoms with Crippen molar-refractivity contribution < 1.29 is 9.53 Å². The van der Waals surface area contributed by atoms with Crippen molar-refractivity contribution in [1.29, 1.82) is 0 Å². The van der Waals surface area contributed by atoms with Crippen LogP contribution in [0.15, 0.2) is 48.7 Å². The smallest absolute Gasteiger partial charge is 0.269 e. The zero-order chi connectivity index (χ0) is 18.2. The molecule has 6 heteroatoms. The van der Waals surface area contributed by atoms with Crippen LogP contribution in [0.5, 0.6) is 0 Å². The Balaban J connectivity index is 1.52. The molecule has 26 heavy (non-hydrogen) atoms. The van der Waals surface area contributed by atoms with Crippen LogP contribution >= 0.6 is 0 Å². The second kappa shape index (κ2) is 9.31. The minimum Gasteiger partial charge on any atom is -0.379 e. The molecule has 0 radical (unpaired) electrons. The summed E-state index contributed by atoms with van der Waals surface area (Å²) in [6.07, 6.45) is 1.66. The maximum atomic E-state index is 12.3. The van der Waals surface area contributed by atoms with Crippen LogP contribution in [-0.2, 0) is 4.74 Å². The van der Waals surface area contributed by atoms with Gasteiger partial charge in [0.15, 0.2) is 0 Å². The van der Waals surface area contributed by atoms with E-state index >= 15 is 0 Å². The minimum atomic E-state index is -0.144. The highest BCUT2D eigenvalue weighted by Gasteiger charge is 2.12. The van der Waals surface area contributed by atoms with Crippen LogP contribution < -0.4 is 10.6 Å². The average molecular weight is 354 g/mol. The van der Waals surface area contributed by atoms with E-state index in [1.165, 1.54) is 5.56 Å². The van der Waals surface area contributed by atoms with Crippen molar-refractivity contribution in [2.75, 3.05) is 44.7 Å². The molecule has 138 valence electrons. The molecule has 0 aliphatic carbocycles. The first-order chi connectivity index (χ1) is 12.7. The third-order valence-electron chi connectivity index (χ3n) is 4.49. The number of hydrogen-bond donors (Lipinski definition) is 2. The Bertz CT molecular complexity index is 702. The highest BCUT2D eigenvalue weighted by Crippen LogP contribution is 2.19. The van der Waals surface area contributed by atoms with E-state index < -0.39 is 0 Å². The van der Waals surface area contributed by atoms with E-state index in [9.17, 15) is 4.79 Å². The molecule has 0 saturated carbocycles. The second-order valence-electron chi connectivity index (χ2n) is 6.42. The molecule has 1 aliphatic heterocycles. The van der Waals surface area contributed by atoms with Gasteiger partial charge >= 0.3 is 0 Å². The predicted octanol–water partition coefficient (Wildman–Crippen LogP) is 2.32. The van der Waals surface area contributed by atoms with Gasteiger partial charge in [0.2, 0.25) is 0 Å². The van der Waals surface area contributed by atoms with E-state index in [1.54, 1.807) is 12.3 Å². The fourth-order valence-electron chi connectivity index (χ4n) is 2.96. The van der Waals surface area contributed by atoms with Crippen molar-refractivity contribution in [3.63, 3.8) is 0 Å². The highest BCUT2D eigenvalue weighted by molar-refractivity contribution is 5.93. The number of benzene rings is 1. The Labute approximate surface area is 154 Å². The Morgan fingerprint density at radius 3 is 2.77 bits per heavy atom. The summed E-state index contributed by atoms with van der Waals surface area (Å²) in [4.78, 5) is 18.8. The molecule has 1 amide bonds. The van der Waals surface area contributed by atoms with E-state index in [-0.39, 0.29) is 11.9 Å². The average Bonchev–Trinajstić information content (AvgIpc) is 2.69. The largest absolute Gasteiger partial charge is 0.379 e. The third kappa shape index (κ3) is 5.28. The number of hydrogen-bond acceptors (Lipinski definition) is 5. The lowest BCUT2D eigenvalue weighted by Gasteiger charge is -2.26. The number of ether oxygens (including phenoxy) is 1. The summed E-state index contributed by atoms with van der Waals surface area (Å²) < 4.78 is 5.33. The molecule has 1 atom stereocenters. The van der Waals surface area contributed by atoms with Crippen LogP contribution in [0, 0.1) is 0 Å². The molecule has 1 aromatic heterocycles. The number of amides is 1. The van der Waals surface area contributed by atoms with E-state index in [4.69, 9.17) is 4.74 Å². The van der Waals surface area contributed by atoms with Gasteiger partial charge in [0.05, 0.1) is 13.2 Å². The molecule has 1 fully saturated rings. The van der Waals surface area contributed by atoms with Crippen LogP contribution in [-0.4, -0.2) is 55.2 Å². The number of rotatable bonds is 7. The molecule has 1 saturated heterocycles. The van der Waals surface area contributed by atoms with E-state index in [0.29, 0.717) is 12.2 Å². The van der Waals surface area contributed by atoms with Crippen LogP contribution in [0.25, 0.3) is 0 Å². The number of morpholine rings is 1. The number of nitrogens with one attached hydrogen (secondary N) is 2. The number of nitrogens with zero attached hydrogens (tertiary/aromatic N) is 2. The third-order valence-corrected chi connectivity index (χ3v) is 4.49. The maximum absolute atomic E-state index is 12.3. The van der Waals surface area contributed by atoms with Crippen LogP contribution in [0.4, 0.5) is 5.69 Å². The molecule has 2 aromatic rings. The van der Waals surface area contributed by atoms with Crippen LogP contribution in [0.2, 0.25) is 0 Å². The van der Waals surface area contributed by atoms with Gasteiger partial charge in [0.25, 0.3) is 5.91 Å². The van der Waals surface area contributed by atoms with Gasteiger partial charge in [-0.15, -0.1) is 0 Å². The van der Waals surface area contributed by atoms with Gasteiger partial charge in [0, 0.05) is 44.1 Å². The normalized spacial score (nSPS) is 16.0. The van der Waals surface area contributed by atoms with Gasteiger partial charge in [-0.3, -0.25) is 14.7 Å². The second-order valence-corrected chi connectivity index (χ2v) is 6.42. The number of carbonyl (C=O) groups is 1. The number of pyridine rings is 1. The molecular weight excluding hydrogens is 328 g/mol. The summed E-state index contributed by atoms with van der Waals surface area (Å²) >= 11 is 0. The van der Waals surface area contributed by atoms with Crippen molar-refractivity contribution in [3.05, 3.63) is 59.9 Å². The predicted molar refractivity (Wildman–Crippen MR) is 102 cm³/mol. The monoisotopic (exact) mass is 354 g/mol. The molecule has 0 spiro atoms. The molecule has 6 nitrogen and oxygen atoms in total. The molecule has 1 unspecified atom stereocenters. The fourth-order valence-corrected chi connectivity index (χ4v) is 2.96. The zero-order valence-electron chi connectivity index (χ0n) is 15.1.